The number of hydrogen-bond donors (Lipinski definition) is 2. The van der Waals surface area contributed by atoms with Crippen molar-refractivity contribution >= 4 is 29.1 Å². The first-order valence-corrected chi connectivity index (χ1v) is 7.99. The van der Waals surface area contributed by atoms with E-state index in [0.29, 0.717) is 6.42 Å². The van der Waals surface area contributed by atoms with Crippen molar-refractivity contribution in [2.24, 2.45) is 11.8 Å². The first kappa shape index (κ1) is 18.6. The molecular weight excluding hydrogens is 345 g/mol. The van der Waals surface area contributed by atoms with Crippen LogP contribution in [0.15, 0.2) is 18.2 Å². The van der Waals surface area contributed by atoms with Gasteiger partial charge in [0.2, 0.25) is 11.8 Å². The Labute approximate surface area is 142 Å². The molecule has 2 rings (SSSR count). The maximum Gasteiger partial charge on any atom is 0.418 e. The van der Waals surface area contributed by atoms with Gasteiger partial charge in [0, 0.05) is 11.1 Å². The predicted molar refractivity (Wildman–Crippen MR) is 84.6 cm³/mol. The second kappa shape index (κ2) is 7.01. The van der Waals surface area contributed by atoms with Gasteiger partial charge >= 0.3 is 6.18 Å². The highest BCUT2D eigenvalue weighted by Crippen LogP contribution is 2.41. The molecule has 0 radical (unpaired) electrons. The summed E-state index contributed by atoms with van der Waals surface area (Å²) in [4.78, 5) is 24.0. The fourth-order valence-electron chi connectivity index (χ4n) is 2.31. The molecule has 2 amide bonds. The van der Waals surface area contributed by atoms with Gasteiger partial charge in [-0.25, -0.2) is 0 Å². The molecule has 1 saturated carbocycles. The highest BCUT2D eigenvalue weighted by atomic mass is 35.5. The Kier molecular flexibility index (Phi) is 5.42. The van der Waals surface area contributed by atoms with Gasteiger partial charge in [0.15, 0.2) is 0 Å². The van der Waals surface area contributed by atoms with Gasteiger partial charge in [-0.15, -0.1) is 0 Å². The lowest BCUT2D eigenvalue weighted by atomic mass is 10.1. The van der Waals surface area contributed by atoms with E-state index in [1.54, 1.807) is 0 Å². The molecule has 4 nitrogen and oxygen atoms in total. The van der Waals surface area contributed by atoms with Crippen molar-refractivity contribution in [1.29, 1.82) is 0 Å². The first-order chi connectivity index (χ1) is 11.1. The number of carbonyl (C=O) groups excluding carboxylic acids is 2. The lowest BCUT2D eigenvalue weighted by Gasteiger charge is -2.14. The largest absolute Gasteiger partial charge is 0.418 e. The topological polar surface area (TPSA) is 58.2 Å². The molecule has 1 aliphatic carbocycles. The average Bonchev–Trinajstić information content (AvgIpc) is 3.28. The third kappa shape index (κ3) is 4.41. The zero-order valence-corrected chi connectivity index (χ0v) is 14.0. The van der Waals surface area contributed by atoms with Crippen LogP contribution in [0.5, 0.6) is 0 Å². The van der Waals surface area contributed by atoms with Gasteiger partial charge < -0.3 is 10.6 Å². The molecule has 0 spiro atoms. The van der Waals surface area contributed by atoms with Gasteiger partial charge in [-0.1, -0.05) is 18.5 Å². The molecule has 3 unspecified atom stereocenters. The van der Waals surface area contributed by atoms with Gasteiger partial charge in [-0.05, 0) is 38.0 Å². The SMILES string of the molecule is CCC(C)NC(=O)C1CC1C(=O)Nc1ccc(Cl)cc1C(F)(F)F. The number of amides is 2. The van der Waals surface area contributed by atoms with Crippen molar-refractivity contribution in [2.45, 2.75) is 38.9 Å². The van der Waals surface area contributed by atoms with Gasteiger partial charge in [-0.3, -0.25) is 9.59 Å². The summed E-state index contributed by atoms with van der Waals surface area (Å²) in [5.74, 6) is -1.92. The number of hydrogen-bond acceptors (Lipinski definition) is 2. The first-order valence-electron chi connectivity index (χ1n) is 7.61. The number of carbonyl (C=O) groups is 2. The molecule has 0 heterocycles. The second-order valence-corrected chi connectivity index (χ2v) is 6.38. The fraction of sp³-hybridized carbons (Fsp3) is 0.500. The van der Waals surface area contributed by atoms with Crippen LogP contribution in [0.2, 0.25) is 5.02 Å². The van der Waals surface area contributed by atoms with Crippen LogP contribution in [-0.4, -0.2) is 17.9 Å². The molecule has 0 saturated heterocycles. The molecule has 1 aliphatic rings. The monoisotopic (exact) mass is 362 g/mol. The Bertz CT molecular complexity index is 649. The summed E-state index contributed by atoms with van der Waals surface area (Å²) in [7, 11) is 0. The van der Waals surface area contributed by atoms with Gasteiger partial charge in [0.1, 0.15) is 0 Å². The molecule has 132 valence electrons. The molecule has 1 aromatic carbocycles. The Morgan fingerprint density at radius 1 is 1.29 bits per heavy atom. The van der Waals surface area contributed by atoms with Crippen LogP contribution in [0, 0.1) is 11.8 Å². The van der Waals surface area contributed by atoms with Crippen molar-refractivity contribution in [2.75, 3.05) is 5.32 Å². The summed E-state index contributed by atoms with van der Waals surface area (Å²) >= 11 is 5.60. The van der Waals surface area contributed by atoms with Crippen molar-refractivity contribution in [3.63, 3.8) is 0 Å². The Balaban J connectivity index is 2.03. The summed E-state index contributed by atoms with van der Waals surface area (Å²) in [6.07, 6.45) is -3.54. The summed E-state index contributed by atoms with van der Waals surface area (Å²) in [6, 6.07) is 3.14. The Morgan fingerprint density at radius 2 is 1.92 bits per heavy atom. The molecule has 8 heteroatoms. The zero-order valence-electron chi connectivity index (χ0n) is 13.2. The smallest absolute Gasteiger partial charge is 0.353 e. The predicted octanol–water partition coefficient (Wildman–Crippen LogP) is 3.85. The normalized spacial score (nSPS) is 21.1. The lowest BCUT2D eigenvalue weighted by molar-refractivity contribution is -0.137. The van der Waals surface area contributed by atoms with E-state index in [9.17, 15) is 22.8 Å². The minimum Gasteiger partial charge on any atom is -0.353 e. The van der Waals surface area contributed by atoms with Crippen molar-refractivity contribution in [3.05, 3.63) is 28.8 Å². The molecule has 0 bridgehead atoms. The van der Waals surface area contributed by atoms with Crippen LogP contribution >= 0.6 is 11.6 Å². The van der Waals surface area contributed by atoms with E-state index >= 15 is 0 Å². The van der Waals surface area contributed by atoms with E-state index in [1.807, 2.05) is 13.8 Å². The maximum absolute atomic E-state index is 13.0. The molecule has 1 fully saturated rings. The molecular formula is C16H18ClF3N2O2. The van der Waals surface area contributed by atoms with Crippen LogP contribution in [0.25, 0.3) is 0 Å². The van der Waals surface area contributed by atoms with E-state index < -0.39 is 29.5 Å². The van der Waals surface area contributed by atoms with Gasteiger partial charge in [0.05, 0.1) is 23.1 Å². The number of nitrogens with one attached hydrogen (secondary N) is 2. The van der Waals surface area contributed by atoms with E-state index in [1.165, 1.54) is 6.07 Å². The summed E-state index contributed by atoms with van der Waals surface area (Å²) in [5.41, 5.74) is -1.37. The van der Waals surface area contributed by atoms with Crippen molar-refractivity contribution in [1.82, 2.24) is 5.32 Å². The number of halogens is 4. The van der Waals surface area contributed by atoms with Crippen LogP contribution < -0.4 is 10.6 Å². The number of alkyl halides is 3. The van der Waals surface area contributed by atoms with Crippen molar-refractivity contribution < 1.29 is 22.8 Å². The molecule has 1 aromatic rings. The van der Waals surface area contributed by atoms with Gasteiger partial charge in [-0.2, -0.15) is 13.2 Å². The lowest BCUT2D eigenvalue weighted by Crippen LogP contribution is -2.34. The third-order valence-electron chi connectivity index (χ3n) is 4.01. The Morgan fingerprint density at radius 3 is 2.50 bits per heavy atom. The highest BCUT2D eigenvalue weighted by Gasteiger charge is 2.48. The third-order valence-corrected chi connectivity index (χ3v) is 4.24. The molecule has 24 heavy (non-hydrogen) atoms. The summed E-state index contributed by atoms with van der Waals surface area (Å²) in [5, 5.41) is 4.96. The minimum atomic E-state index is -4.63. The molecule has 0 aromatic heterocycles. The Hall–Kier alpha value is -1.76. The standard InChI is InChI=1S/C16H18ClF3N2O2/c1-3-8(2)21-14(23)10-7-11(10)15(24)22-13-5-4-9(17)6-12(13)16(18,19)20/h4-6,8,10-11H,3,7H2,1-2H3,(H,21,23)(H,22,24). The van der Waals surface area contributed by atoms with Gasteiger partial charge in [0.25, 0.3) is 0 Å². The van der Waals surface area contributed by atoms with Crippen LogP contribution in [0.3, 0.4) is 0 Å². The molecule has 2 N–H and O–H groups in total. The molecule has 0 aliphatic heterocycles. The van der Waals surface area contributed by atoms with E-state index in [0.717, 1.165) is 18.6 Å². The number of benzene rings is 1. The van der Waals surface area contributed by atoms with Crippen LogP contribution in [0.4, 0.5) is 18.9 Å². The highest BCUT2D eigenvalue weighted by molar-refractivity contribution is 6.30. The molecule has 3 atom stereocenters. The number of rotatable bonds is 5. The fourth-order valence-corrected chi connectivity index (χ4v) is 2.48. The minimum absolute atomic E-state index is 0.00471. The maximum atomic E-state index is 13.0. The average molecular weight is 363 g/mol. The van der Waals surface area contributed by atoms with E-state index in [4.69, 9.17) is 11.6 Å². The zero-order chi connectivity index (χ0) is 18.1. The van der Waals surface area contributed by atoms with E-state index in [-0.39, 0.29) is 22.7 Å². The second-order valence-electron chi connectivity index (χ2n) is 5.94. The quantitative estimate of drug-likeness (QED) is 0.836. The van der Waals surface area contributed by atoms with Crippen LogP contribution in [0.1, 0.15) is 32.3 Å². The number of anilines is 1. The van der Waals surface area contributed by atoms with Crippen molar-refractivity contribution in [3.8, 4) is 0 Å². The summed E-state index contributed by atoms with van der Waals surface area (Å²) < 4.78 is 39.0. The van der Waals surface area contributed by atoms with Crippen LogP contribution in [-0.2, 0) is 15.8 Å². The van der Waals surface area contributed by atoms with E-state index in [2.05, 4.69) is 10.6 Å². The summed E-state index contributed by atoms with van der Waals surface area (Å²) in [6.45, 7) is 3.76.